The molecule has 0 saturated heterocycles. The van der Waals surface area contributed by atoms with Crippen molar-refractivity contribution < 1.29 is 13.2 Å². The summed E-state index contributed by atoms with van der Waals surface area (Å²) in [5.74, 6) is -0.338. The van der Waals surface area contributed by atoms with Gasteiger partial charge in [0.25, 0.3) is 0 Å². The summed E-state index contributed by atoms with van der Waals surface area (Å²) < 4.78 is 34.7. The zero-order valence-corrected chi connectivity index (χ0v) is 5.37. The Morgan fingerprint density at radius 1 is 1.50 bits per heavy atom. The maximum absolute atomic E-state index is 11.6. The minimum Gasteiger partial charge on any atom is -0.384 e. The van der Waals surface area contributed by atoms with Gasteiger partial charge in [0.05, 0.1) is 0 Å². The van der Waals surface area contributed by atoms with Crippen molar-refractivity contribution in [1.29, 1.82) is 0 Å². The van der Waals surface area contributed by atoms with Crippen molar-refractivity contribution in [2.45, 2.75) is 13.1 Å². The van der Waals surface area contributed by atoms with Gasteiger partial charge in [-0.2, -0.15) is 13.2 Å². The highest BCUT2D eigenvalue weighted by Gasteiger charge is 2.31. The molecule has 0 radical (unpaired) electrons. The second-order valence-electron chi connectivity index (χ2n) is 1.69. The summed E-state index contributed by atoms with van der Waals surface area (Å²) in [4.78, 5) is 2.92. The number of nitrogens with zero attached hydrogens (tertiary/aromatic N) is 1. The molecule has 2 nitrogen and oxygen atoms in total. The number of hydrogen-bond acceptors (Lipinski definition) is 2. The first-order valence-electron chi connectivity index (χ1n) is 2.41. The van der Waals surface area contributed by atoms with Crippen LogP contribution in [0.25, 0.3) is 0 Å². The molecule has 0 amide bonds. The standard InChI is InChI=1S/C5H7F3N2/c1-3(5(6,7)8)10-4(2)9/h2,9H2,1H3. The van der Waals surface area contributed by atoms with Crippen LogP contribution in [0.5, 0.6) is 0 Å². The Bertz CT molecular complexity index is 168. The molecular weight excluding hydrogens is 145 g/mol. The first-order chi connectivity index (χ1) is 4.34. The van der Waals surface area contributed by atoms with Gasteiger partial charge in [0, 0.05) is 0 Å². The third-order valence-electron chi connectivity index (χ3n) is 0.722. The van der Waals surface area contributed by atoms with Crippen LogP contribution in [-0.2, 0) is 0 Å². The molecule has 0 aromatic carbocycles. The molecule has 0 aliphatic carbocycles. The van der Waals surface area contributed by atoms with Gasteiger partial charge in [0.2, 0.25) is 0 Å². The maximum atomic E-state index is 11.6. The fraction of sp³-hybridized carbons (Fsp3) is 0.400. The Hall–Kier alpha value is -1.00. The molecule has 0 saturated carbocycles. The molecule has 0 aliphatic heterocycles. The van der Waals surface area contributed by atoms with Crippen molar-refractivity contribution in [3.63, 3.8) is 0 Å². The Kier molecular flexibility index (Phi) is 2.45. The van der Waals surface area contributed by atoms with Crippen LogP contribution in [0, 0.1) is 0 Å². The highest BCUT2D eigenvalue weighted by Crippen LogP contribution is 2.17. The topological polar surface area (TPSA) is 38.4 Å². The molecule has 0 unspecified atom stereocenters. The number of halogens is 3. The van der Waals surface area contributed by atoms with E-state index in [-0.39, 0.29) is 5.82 Å². The van der Waals surface area contributed by atoms with Crippen LogP contribution in [0.4, 0.5) is 13.2 Å². The molecule has 0 aliphatic rings. The Balaban J connectivity index is 4.35. The van der Waals surface area contributed by atoms with Gasteiger partial charge in [-0.1, -0.05) is 6.58 Å². The minimum absolute atomic E-state index is 0.338. The fourth-order valence-corrected chi connectivity index (χ4v) is 0.279. The van der Waals surface area contributed by atoms with Gasteiger partial charge in [-0.3, -0.25) is 0 Å². The maximum Gasteiger partial charge on any atom is 0.429 e. The molecule has 0 fully saturated rings. The zero-order valence-electron chi connectivity index (χ0n) is 5.37. The lowest BCUT2D eigenvalue weighted by Crippen LogP contribution is -2.20. The normalized spacial score (nSPS) is 13.4. The van der Waals surface area contributed by atoms with E-state index in [0.717, 1.165) is 6.92 Å². The van der Waals surface area contributed by atoms with Gasteiger partial charge in [0.15, 0.2) is 0 Å². The van der Waals surface area contributed by atoms with Crippen molar-refractivity contribution in [1.82, 2.24) is 0 Å². The van der Waals surface area contributed by atoms with Crippen LogP contribution in [0.3, 0.4) is 0 Å². The van der Waals surface area contributed by atoms with Crippen molar-refractivity contribution in [3.8, 4) is 0 Å². The first-order valence-corrected chi connectivity index (χ1v) is 2.41. The van der Waals surface area contributed by atoms with Crippen LogP contribution in [0.15, 0.2) is 17.4 Å². The Morgan fingerprint density at radius 2 is 1.90 bits per heavy atom. The van der Waals surface area contributed by atoms with E-state index in [2.05, 4.69) is 11.6 Å². The average Bonchev–Trinajstić information content (AvgIpc) is 1.60. The summed E-state index contributed by atoms with van der Waals surface area (Å²) in [6, 6.07) is 0. The van der Waals surface area contributed by atoms with E-state index in [4.69, 9.17) is 5.73 Å². The number of aliphatic imine (C=N–C) groups is 1. The molecule has 10 heavy (non-hydrogen) atoms. The lowest BCUT2D eigenvalue weighted by Gasteiger charge is -2.03. The van der Waals surface area contributed by atoms with Crippen LogP contribution in [-0.4, -0.2) is 11.9 Å². The molecule has 0 atom stereocenters. The summed E-state index contributed by atoms with van der Waals surface area (Å²) in [5.41, 5.74) is 3.82. The van der Waals surface area contributed by atoms with E-state index in [9.17, 15) is 13.2 Å². The van der Waals surface area contributed by atoms with Gasteiger partial charge in [-0.05, 0) is 6.92 Å². The van der Waals surface area contributed by atoms with E-state index in [0.29, 0.717) is 0 Å². The van der Waals surface area contributed by atoms with Crippen molar-refractivity contribution in [2.24, 2.45) is 10.7 Å². The smallest absolute Gasteiger partial charge is 0.384 e. The highest BCUT2D eigenvalue weighted by atomic mass is 19.4. The van der Waals surface area contributed by atoms with Crippen LogP contribution >= 0.6 is 0 Å². The minimum atomic E-state index is -4.40. The van der Waals surface area contributed by atoms with Crippen molar-refractivity contribution >= 4 is 5.71 Å². The van der Waals surface area contributed by atoms with E-state index in [1.54, 1.807) is 0 Å². The van der Waals surface area contributed by atoms with Gasteiger partial charge < -0.3 is 5.73 Å². The summed E-state index contributed by atoms with van der Waals surface area (Å²) in [6.07, 6.45) is -4.40. The van der Waals surface area contributed by atoms with Gasteiger partial charge in [-0.15, -0.1) is 0 Å². The molecule has 0 rings (SSSR count). The number of rotatable bonds is 1. The highest BCUT2D eigenvalue weighted by molar-refractivity contribution is 5.88. The number of alkyl halides is 3. The van der Waals surface area contributed by atoms with Crippen molar-refractivity contribution in [3.05, 3.63) is 12.4 Å². The van der Waals surface area contributed by atoms with Crippen LogP contribution < -0.4 is 5.73 Å². The lowest BCUT2D eigenvalue weighted by molar-refractivity contribution is -0.0592. The average molecular weight is 152 g/mol. The predicted molar refractivity (Wildman–Crippen MR) is 32.5 cm³/mol. The predicted octanol–water partition coefficient (Wildman–Crippen LogP) is 1.44. The SMILES string of the molecule is C=C(N)N=C(C)C(F)(F)F. The fourth-order valence-electron chi connectivity index (χ4n) is 0.279. The molecule has 0 spiro atoms. The number of nitrogens with two attached hydrogens (primary N) is 1. The molecular formula is C5H7F3N2. The van der Waals surface area contributed by atoms with Gasteiger partial charge in [-0.25, -0.2) is 4.99 Å². The lowest BCUT2D eigenvalue weighted by atomic mass is 10.4. The summed E-state index contributed by atoms with van der Waals surface area (Å²) >= 11 is 0. The Morgan fingerprint density at radius 3 is 2.00 bits per heavy atom. The van der Waals surface area contributed by atoms with E-state index >= 15 is 0 Å². The number of hydrogen-bond donors (Lipinski definition) is 1. The third-order valence-corrected chi connectivity index (χ3v) is 0.722. The third kappa shape index (κ3) is 3.11. The monoisotopic (exact) mass is 152 g/mol. The first kappa shape index (κ1) is 9.00. The van der Waals surface area contributed by atoms with E-state index in [1.807, 2.05) is 0 Å². The molecule has 2 N–H and O–H groups in total. The molecule has 5 heteroatoms. The Labute approximate surface area is 56.2 Å². The molecule has 0 aromatic heterocycles. The zero-order chi connectivity index (χ0) is 8.36. The second kappa shape index (κ2) is 2.72. The van der Waals surface area contributed by atoms with Gasteiger partial charge in [0.1, 0.15) is 11.5 Å². The summed E-state index contributed by atoms with van der Waals surface area (Å²) in [5, 5.41) is 0. The second-order valence-corrected chi connectivity index (χ2v) is 1.69. The van der Waals surface area contributed by atoms with Crippen LogP contribution in [0.1, 0.15) is 6.92 Å². The van der Waals surface area contributed by atoms with E-state index < -0.39 is 11.9 Å². The van der Waals surface area contributed by atoms with Crippen LogP contribution in [0.2, 0.25) is 0 Å². The molecule has 58 valence electrons. The molecule has 0 bridgehead atoms. The van der Waals surface area contributed by atoms with E-state index in [1.165, 1.54) is 0 Å². The quantitative estimate of drug-likeness (QED) is 0.567. The summed E-state index contributed by atoms with van der Waals surface area (Å²) in [7, 11) is 0. The van der Waals surface area contributed by atoms with Gasteiger partial charge >= 0.3 is 6.18 Å². The summed E-state index contributed by atoms with van der Waals surface area (Å²) in [6.45, 7) is 3.83. The largest absolute Gasteiger partial charge is 0.429 e. The molecule has 0 heterocycles. The molecule has 0 aromatic rings. The van der Waals surface area contributed by atoms with Crippen molar-refractivity contribution in [2.75, 3.05) is 0 Å².